The predicted octanol–water partition coefficient (Wildman–Crippen LogP) is 16.1. The highest BCUT2D eigenvalue weighted by molar-refractivity contribution is 8.00. The topological polar surface area (TPSA) is 203 Å². The number of carbonyl (C=O) groups is 6. The number of aromatic amines is 1. The van der Waals surface area contributed by atoms with Gasteiger partial charge in [0.15, 0.2) is 0 Å². The highest BCUT2D eigenvalue weighted by Crippen LogP contribution is 2.52. The third-order valence-corrected chi connectivity index (χ3v) is 19.5. The molecule has 0 saturated heterocycles. The molecular formula is C69H104N4O10S2. The van der Waals surface area contributed by atoms with Crippen LogP contribution < -0.4 is 10.6 Å². The fourth-order valence-corrected chi connectivity index (χ4v) is 14.6. The van der Waals surface area contributed by atoms with Crippen molar-refractivity contribution in [1.29, 1.82) is 0 Å². The lowest BCUT2D eigenvalue weighted by Crippen LogP contribution is -2.50. The molecule has 3 aliphatic rings. The molecule has 14 nitrogen and oxygen atoms in total. The molecule has 0 spiro atoms. The predicted molar refractivity (Wildman–Crippen MR) is 347 cm³/mol. The van der Waals surface area contributed by atoms with Crippen LogP contribution in [0.1, 0.15) is 227 Å². The van der Waals surface area contributed by atoms with Gasteiger partial charge in [0.25, 0.3) is 0 Å². The van der Waals surface area contributed by atoms with Gasteiger partial charge in [-0.15, -0.1) is 23.5 Å². The molecule has 2 aromatic rings. The molecule has 5 atom stereocenters. The number of ether oxygens (including phenoxy) is 3. The number of aromatic carboxylic acids is 1. The number of hydrogen-bond acceptors (Lipinski definition) is 12. The number of nitrogens with one attached hydrogen (secondary N) is 3. The van der Waals surface area contributed by atoms with Crippen LogP contribution in [0.2, 0.25) is 0 Å². The van der Waals surface area contributed by atoms with Crippen molar-refractivity contribution in [2.45, 2.75) is 219 Å². The van der Waals surface area contributed by atoms with Gasteiger partial charge in [-0.25, -0.2) is 24.2 Å². The molecule has 5 rings (SSSR count). The van der Waals surface area contributed by atoms with Crippen molar-refractivity contribution in [1.82, 2.24) is 10.3 Å². The number of carboxylic acids is 1. The number of thioether (sulfide) groups is 2. The van der Waals surface area contributed by atoms with Crippen molar-refractivity contribution < 1.29 is 48.1 Å². The summed E-state index contributed by atoms with van der Waals surface area (Å²) in [6.07, 6.45) is 5.85. The van der Waals surface area contributed by atoms with Crippen molar-refractivity contribution in [2.24, 2.45) is 68.1 Å². The lowest BCUT2D eigenvalue weighted by molar-refractivity contribution is -0.164. The number of aliphatic imine (C=N–C) groups is 1. The Morgan fingerprint density at radius 1 is 0.741 bits per heavy atom. The maximum atomic E-state index is 15.5. The molecule has 85 heavy (non-hydrogen) atoms. The van der Waals surface area contributed by atoms with Gasteiger partial charge in [0.05, 0.1) is 16.5 Å². The van der Waals surface area contributed by atoms with Crippen LogP contribution in [0, 0.1) is 70.0 Å². The molecule has 2 aliphatic carbocycles. The van der Waals surface area contributed by atoms with Gasteiger partial charge in [0, 0.05) is 52.0 Å². The van der Waals surface area contributed by atoms with Gasteiger partial charge in [-0.05, 0) is 151 Å². The molecule has 16 heteroatoms. The monoisotopic (exact) mass is 1210 g/mol. The Morgan fingerprint density at radius 2 is 1.26 bits per heavy atom. The van der Waals surface area contributed by atoms with Crippen LogP contribution >= 0.6 is 23.5 Å². The Hall–Kier alpha value is -5.09. The van der Waals surface area contributed by atoms with E-state index in [1.165, 1.54) is 11.8 Å². The number of hydrogen-bond donors (Lipinski definition) is 4. The lowest BCUT2D eigenvalue weighted by Gasteiger charge is -2.50. The maximum Gasteiger partial charge on any atom is 0.342 e. The number of unbranched alkanes of at least 4 members (excludes halogenated alkanes) is 1. The van der Waals surface area contributed by atoms with Gasteiger partial charge < -0.3 is 34.9 Å². The molecule has 5 unspecified atom stereocenters. The Balaban J connectivity index is 1.66. The lowest BCUT2D eigenvalue weighted by atomic mass is 9.59. The summed E-state index contributed by atoms with van der Waals surface area (Å²) in [7, 11) is 0. The zero-order chi connectivity index (χ0) is 64.0. The van der Waals surface area contributed by atoms with Crippen molar-refractivity contribution in [3.05, 3.63) is 75.1 Å². The van der Waals surface area contributed by atoms with Crippen LogP contribution in [0.25, 0.3) is 6.08 Å². The second-order valence-electron chi connectivity index (χ2n) is 29.7. The number of aryl methyl sites for hydroxylation is 1. The van der Waals surface area contributed by atoms with Gasteiger partial charge in [-0.2, -0.15) is 0 Å². The molecule has 2 amide bonds. The number of nitrogens with zero attached hydrogens (tertiary/aromatic N) is 1. The first-order chi connectivity index (χ1) is 39.2. The Kier molecular flexibility index (Phi) is 24.0. The summed E-state index contributed by atoms with van der Waals surface area (Å²) in [6, 6.07) is 5.26. The van der Waals surface area contributed by atoms with Crippen LogP contribution in [0.15, 0.2) is 57.1 Å². The van der Waals surface area contributed by atoms with E-state index >= 15 is 9.59 Å². The fraction of sp³-hybridized carbons (Fsp3) is 0.667. The molecule has 4 N–H and O–H groups in total. The Bertz CT molecular complexity index is 2840. The van der Waals surface area contributed by atoms with Crippen LogP contribution in [-0.4, -0.2) is 87.2 Å². The van der Waals surface area contributed by atoms with E-state index < -0.39 is 47.2 Å². The summed E-state index contributed by atoms with van der Waals surface area (Å²) < 4.78 is 19.2. The number of esters is 3. The van der Waals surface area contributed by atoms with Crippen LogP contribution in [0.3, 0.4) is 0 Å². The van der Waals surface area contributed by atoms with Gasteiger partial charge >= 0.3 is 23.9 Å². The number of allylic oxidation sites excluding steroid dienone is 1. The summed E-state index contributed by atoms with van der Waals surface area (Å²) in [5, 5.41) is 15.1. The Morgan fingerprint density at radius 3 is 1.73 bits per heavy atom. The normalized spacial score (nSPS) is 23.2. The number of carbonyl (C=O) groups excluding carboxylic acids is 5. The molecule has 2 heterocycles. The van der Waals surface area contributed by atoms with E-state index in [9.17, 15) is 24.3 Å². The van der Waals surface area contributed by atoms with Crippen molar-refractivity contribution >= 4 is 76.9 Å². The first kappa shape index (κ1) is 70.7. The molecule has 2 saturated carbocycles. The van der Waals surface area contributed by atoms with Gasteiger partial charge in [0.2, 0.25) is 11.8 Å². The van der Waals surface area contributed by atoms with Gasteiger partial charge in [-0.3, -0.25) is 9.59 Å². The molecule has 2 fully saturated rings. The van der Waals surface area contributed by atoms with E-state index in [2.05, 4.69) is 119 Å². The largest absolute Gasteiger partial charge is 0.478 e. The average molecular weight is 1210 g/mol. The molecule has 1 aromatic carbocycles. The quantitative estimate of drug-likeness (QED) is 0.0303. The number of rotatable bonds is 21. The van der Waals surface area contributed by atoms with Gasteiger partial charge in [0.1, 0.15) is 41.6 Å². The average Bonchev–Trinajstić information content (AvgIpc) is 4.13. The third-order valence-electron chi connectivity index (χ3n) is 17.3. The zero-order valence-corrected chi connectivity index (χ0v) is 57.0. The molecule has 0 radical (unpaired) electrons. The summed E-state index contributed by atoms with van der Waals surface area (Å²) in [4.78, 5) is 92.9. The fourth-order valence-electron chi connectivity index (χ4n) is 12.8. The van der Waals surface area contributed by atoms with E-state index in [4.69, 9.17) is 19.2 Å². The highest BCUT2D eigenvalue weighted by atomic mass is 32.2. The summed E-state index contributed by atoms with van der Waals surface area (Å²) >= 11 is 2.84. The van der Waals surface area contributed by atoms with E-state index in [1.807, 2.05) is 46.8 Å². The van der Waals surface area contributed by atoms with Crippen LogP contribution in [0.4, 0.5) is 5.82 Å². The minimum atomic E-state index is -0.982. The number of amidine groups is 1. The number of amides is 2. The van der Waals surface area contributed by atoms with E-state index in [0.717, 1.165) is 36.1 Å². The molecule has 0 bridgehead atoms. The van der Waals surface area contributed by atoms with E-state index in [-0.39, 0.29) is 110 Å². The first-order valence-electron chi connectivity index (χ1n) is 31.0. The zero-order valence-electron chi connectivity index (χ0n) is 55.3. The Labute approximate surface area is 517 Å². The maximum absolute atomic E-state index is 15.5. The number of anilines is 1. The van der Waals surface area contributed by atoms with Crippen molar-refractivity contribution in [2.75, 3.05) is 23.4 Å². The van der Waals surface area contributed by atoms with Crippen molar-refractivity contribution in [3.63, 3.8) is 0 Å². The van der Waals surface area contributed by atoms with Gasteiger partial charge in [-0.1, -0.05) is 131 Å². The molecular weight excluding hydrogens is 1110 g/mol. The molecule has 472 valence electrons. The first-order valence-corrected chi connectivity index (χ1v) is 33.0. The number of H-pyrrole nitrogens is 1. The third kappa shape index (κ3) is 18.7. The molecule has 1 aliphatic heterocycles. The second-order valence-corrected chi connectivity index (χ2v) is 32.3. The summed E-state index contributed by atoms with van der Waals surface area (Å²) in [6.45, 7) is 47.9. The summed E-state index contributed by atoms with van der Waals surface area (Å²) in [5.74, 6) is -1.70. The smallest absolute Gasteiger partial charge is 0.342 e. The second kappa shape index (κ2) is 28.8. The standard InChI is InChI=1S/C69H104N4O10S2/c1-37(2)53-50(70-59(72-52(74)25-23-24-27-85-45-30-40(7)29-44(35-45)62(76)77)55(53)64(79)82-57-46(66(11,12)13)31-41(8)32-47(57)67(14,15)16)36-51-54(38(3)4)56(60(71-51)73-61(75)43(10)84-28-26-81-63(78)39(5)6)65(80)83-58-48(68(17,18)19)33-42(9)34-49(58)69(20,21)22/h29-30,35-38,41-43,46-49,57-58,70H,5,23-28,31-34H2,1-4,6-22H3,(H,72,74)(H,76,77)(H,71,73,75). The van der Waals surface area contributed by atoms with E-state index in [0.29, 0.717) is 58.7 Å². The van der Waals surface area contributed by atoms with Crippen LogP contribution in [0.5, 0.6) is 0 Å². The number of benzene rings is 1. The van der Waals surface area contributed by atoms with Crippen molar-refractivity contribution in [3.8, 4) is 0 Å². The number of carboxylic acid groups (broad SMARTS) is 1. The SMILES string of the molecule is C=C(C)C(=O)OCCSC(C)C(=O)NC1=NC(=Cc2[nH]c(NC(=O)CCCCSc3cc(C)cc(C(=O)O)c3)c(C(=O)OC3C(C(C)(C)C)CC(C)CC3C(C)(C)C)c2C(C)C)C(C(C)C)=C1C(=O)OC1C(C(C)(C)C)CC(C)CC1C(C)(C)C. The number of aromatic nitrogens is 1. The minimum Gasteiger partial charge on any atom is -0.478 e. The van der Waals surface area contributed by atoms with E-state index in [1.54, 1.807) is 37.7 Å². The summed E-state index contributed by atoms with van der Waals surface area (Å²) in [5.41, 5.74) is 2.98. The van der Waals surface area contributed by atoms with Crippen LogP contribution in [-0.2, 0) is 33.4 Å². The highest BCUT2D eigenvalue weighted by Gasteiger charge is 2.51. The minimum absolute atomic E-state index is 0.0366. The molecule has 1 aromatic heterocycles.